The predicted octanol–water partition coefficient (Wildman–Crippen LogP) is 2.82. The van der Waals surface area contributed by atoms with E-state index in [1.807, 2.05) is 48.1 Å². The quantitative estimate of drug-likeness (QED) is 0.909. The molecule has 1 aliphatic heterocycles. The lowest BCUT2D eigenvalue weighted by Crippen LogP contribution is -2.48. The smallest absolute Gasteiger partial charge is 0.317 e. The van der Waals surface area contributed by atoms with Crippen LogP contribution >= 0.6 is 0 Å². The van der Waals surface area contributed by atoms with Crippen molar-refractivity contribution in [3.05, 3.63) is 47.5 Å². The maximum Gasteiger partial charge on any atom is 0.317 e. The maximum absolute atomic E-state index is 12.7. The van der Waals surface area contributed by atoms with Gasteiger partial charge in [0.25, 0.3) is 0 Å². The number of carbonyl (C=O) groups excluding carboxylic acids is 1. The minimum atomic E-state index is 0.0361. The lowest BCUT2D eigenvalue weighted by Gasteiger charge is -2.35. The molecule has 6 nitrogen and oxygen atoms in total. The fourth-order valence-electron chi connectivity index (χ4n) is 3.42. The van der Waals surface area contributed by atoms with Crippen LogP contribution in [0.2, 0.25) is 0 Å². The van der Waals surface area contributed by atoms with Crippen molar-refractivity contribution in [3.8, 4) is 0 Å². The highest BCUT2D eigenvalue weighted by molar-refractivity contribution is 5.74. The van der Waals surface area contributed by atoms with Crippen LogP contribution in [0.4, 0.5) is 4.79 Å². The van der Waals surface area contributed by atoms with Crippen LogP contribution in [0, 0.1) is 6.92 Å². The van der Waals surface area contributed by atoms with Gasteiger partial charge in [0, 0.05) is 49.3 Å². The number of nitrogens with one attached hydrogen (secondary N) is 1. The zero-order valence-electron chi connectivity index (χ0n) is 15.1. The first-order chi connectivity index (χ1) is 12.1. The molecule has 25 heavy (non-hydrogen) atoms. The van der Waals surface area contributed by atoms with E-state index in [9.17, 15) is 4.79 Å². The second-order valence-corrected chi connectivity index (χ2v) is 6.74. The number of carbonyl (C=O) groups is 1. The molecule has 0 unspecified atom stereocenters. The van der Waals surface area contributed by atoms with Crippen LogP contribution in [0.3, 0.4) is 0 Å². The molecule has 1 N–H and O–H groups in total. The minimum absolute atomic E-state index is 0.0361. The van der Waals surface area contributed by atoms with E-state index >= 15 is 0 Å². The largest absolute Gasteiger partial charge is 0.334 e. The van der Waals surface area contributed by atoms with Crippen molar-refractivity contribution in [1.29, 1.82) is 0 Å². The van der Waals surface area contributed by atoms with Gasteiger partial charge in [-0.2, -0.15) is 5.10 Å². The average molecular weight is 341 g/mol. The van der Waals surface area contributed by atoms with Gasteiger partial charge in [-0.1, -0.05) is 6.07 Å². The number of likely N-dealkylation sites (tertiary alicyclic amines) is 1. The molecular formula is C19H27N5O. The number of piperidine rings is 1. The van der Waals surface area contributed by atoms with Crippen molar-refractivity contribution in [2.24, 2.45) is 7.05 Å². The number of aryl methyl sites for hydroxylation is 2. The van der Waals surface area contributed by atoms with Gasteiger partial charge in [0.1, 0.15) is 0 Å². The summed E-state index contributed by atoms with van der Waals surface area (Å²) in [6.07, 6.45) is 8.89. The van der Waals surface area contributed by atoms with Gasteiger partial charge in [-0.05, 0) is 51.2 Å². The number of nitrogens with zero attached hydrogens (tertiary/aromatic N) is 4. The molecule has 6 heteroatoms. The van der Waals surface area contributed by atoms with Crippen LogP contribution in [0.25, 0.3) is 0 Å². The summed E-state index contributed by atoms with van der Waals surface area (Å²) in [7, 11) is 1.92. The standard InChI is InChI=1S/C19H27N5O/c1-15-16(14-22-23(15)2)13-21-19(25)24-12-6-4-8-18(24)10-9-17-7-3-5-11-20-17/h3,5,7,11,14,18H,4,6,8-10,12-13H2,1-2H3,(H,21,25)/t18-/m0/s1. The Hall–Kier alpha value is -2.37. The molecule has 1 atom stereocenters. The SMILES string of the molecule is Cc1c(CNC(=O)N2CCCC[C@H]2CCc2ccccn2)cnn1C. The second-order valence-electron chi connectivity index (χ2n) is 6.74. The number of urea groups is 1. The lowest BCUT2D eigenvalue weighted by atomic mass is 9.97. The number of hydrogen-bond acceptors (Lipinski definition) is 3. The van der Waals surface area contributed by atoms with Crippen LogP contribution in [0.5, 0.6) is 0 Å². The molecule has 0 aliphatic carbocycles. The van der Waals surface area contributed by atoms with Crippen molar-refractivity contribution in [1.82, 2.24) is 25.0 Å². The van der Waals surface area contributed by atoms with Crippen molar-refractivity contribution < 1.29 is 4.79 Å². The molecule has 1 aliphatic rings. The normalized spacial score (nSPS) is 17.5. The fraction of sp³-hybridized carbons (Fsp3) is 0.526. The van der Waals surface area contributed by atoms with E-state index < -0.39 is 0 Å². The number of amides is 2. The van der Waals surface area contributed by atoms with Gasteiger partial charge < -0.3 is 10.2 Å². The van der Waals surface area contributed by atoms with Gasteiger partial charge in [0.05, 0.1) is 6.20 Å². The maximum atomic E-state index is 12.7. The molecule has 0 saturated carbocycles. The summed E-state index contributed by atoms with van der Waals surface area (Å²) in [5.74, 6) is 0. The van der Waals surface area contributed by atoms with E-state index in [1.54, 1.807) is 0 Å². The monoisotopic (exact) mass is 341 g/mol. The number of aromatic nitrogens is 3. The molecular weight excluding hydrogens is 314 g/mol. The molecule has 2 amide bonds. The van der Waals surface area contributed by atoms with Gasteiger partial charge in [0.15, 0.2) is 0 Å². The molecule has 1 saturated heterocycles. The fourth-order valence-corrected chi connectivity index (χ4v) is 3.42. The highest BCUT2D eigenvalue weighted by atomic mass is 16.2. The van der Waals surface area contributed by atoms with Crippen molar-refractivity contribution in [2.75, 3.05) is 6.54 Å². The van der Waals surface area contributed by atoms with E-state index in [4.69, 9.17) is 0 Å². The Bertz CT molecular complexity index is 697. The van der Waals surface area contributed by atoms with Crippen molar-refractivity contribution in [3.63, 3.8) is 0 Å². The van der Waals surface area contributed by atoms with Gasteiger partial charge >= 0.3 is 6.03 Å². The zero-order chi connectivity index (χ0) is 17.6. The number of hydrogen-bond donors (Lipinski definition) is 1. The summed E-state index contributed by atoms with van der Waals surface area (Å²) in [4.78, 5) is 19.1. The van der Waals surface area contributed by atoms with E-state index in [2.05, 4.69) is 21.5 Å². The summed E-state index contributed by atoms with van der Waals surface area (Å²) < 4.78 is 1.83. The van der Waals surface area contributed by atoms with Crippen LogP contribution < -0.4 is 5.32 Å². The predicted molar refractivity (Wildman–Crippen MR) is 97.1 cm³/mol. The van der Waals surface area contributed by atoms with Crippen molar-refractivity contribution in [2.45, 2.75) is 51.6 Å². The van der Waals surface area contributed by atoms with Crippen molar-refractivity contribution >= 4 is 6.03 Å². The first-order valence-electron chi connectivity index (χ1n) is 9.07. The third kappa shape index (κ3) is 4.38. The molecule has 0 bridgehead atoms. The Morgan fingerprint density at radius 1 is 1.36 bits per heavy atom. The Morgan fingerprint density at radius 2 is 2.24 bits per heavy atom. The Labute approximate surface area is 149 Å². The number of pyridine rings is 1. The summed E-state index contributed by atoms with van der Waals surface area (Å²) in [5, 5.41) is 7.30. The first kappa shape index (κ1) is 17.5. The Morgan fingerprint density at radius 3 is 2.96 bits per heavy atom. The van der Waals surface area contributed by atoms with E-state index in [1.165, 1.54) is 6.42 Å². The van der Waals surface area contributed by atoms with Crippen LogP contribution in [0.15, 0.2) is 30.6 Å². The second kappa shape index (κ2) is 8.14. The molecule has 0 spiro atoms. The van der Waals surface area contributed by atoms with E-state index in [-0.39, 0.29) is 6.03 Å². The minimum Gasteiger partial charge on any atom is -0.334 e. The highest BCUT2D eigenvalue weighted by Crippen LogP contribution is 2.21. The molecule has 134 valence electrons. The molecule has 3 heterocycles. The summed E-state index contributed by atoms with van der Waals surface area (Å²) >= 11 is 0. The lowest BCUT2D eigenvalue weighted by molar-refractivity contribution is 0.146. The van der Waals surface area contributed by atoms with Gasteiger partial charge in [-0.25, -0.2) is 4.79 Å². The van der Waals surface area contributed by atoms with Crippen LogP contribution in [-0.4, -0.2) is 38.3 Å². The first-order valence-corrected chi connectivity index (χ1v) is 9.07. The topological polar surface area (TPSA) is 63.1 Å². The molecule has 1 fully saturated rings. The van der Waals surface area contributed by atoms with E-state index in [0.29, 0.717) is 12.6 Å². The van der Waals surface area contributed by atoms with E-state index in [0.717, 1.165) is 49.2 Å². The molecule has 0 aromatic carbocycles. The molecule has 3 rings (SSSR count). The Balaban J connectivity index is 1.56. The average Bonchev–Trinajstić information content (AvgIpc) is 2.97. The third-order valence-electron chi connectivity index (χ3n) is 5.11. The summed E-state index contributed by atoms with van der Waals surface area (Å²) in [6.45, 7) is 3.39. The van der Waals surface area contributed by atoms with Gasteiger partial charge in [-0.3, -0.25) is 9.67 Å². The third-order valence-corrected chi connectivity index (χ3v) is 5.11. The summed E-state index contributed by atoms with van der Waals surface area (Å²) in [6, 6.07) is 6.34. The highest BCUT2D eigenvalue weighted by Gasteiger charge is 2.26. The van der Waals surface area contributed by atoms with Gasteiger partial charge in [-0.15, -0.1) is 0 Å². The zero-order valence-corrected chi connectivity index (χ0v) is 15.1. The Kier molecular flexibility index (Phi) is 5.68. The van der Waals surface area contributed by atoms with Gasteiger partial charge in [0.2, 0.25) is 0 Å². The summed E-state index contributed by atoms with van der Waals surface area (Å²) in [5.41, 5.74) is 3.25. The number of rotatable bonds is 5. The molecule has 2 aromatic heterocycles. The molecule has 0 radical (unpaired) electrons. The van der Waals surface area contributed by atoms with Crippen LogP contribution in [-0.2, 0) is 20.0 Å². The van der Waals surface area contributed by atoms with Crippen LogP contribution in [0.1, 0.15) is 42.6 Å². The molecule has 2 aromatic rings.